The number of hydrogen-bond donors (Lipinski definition) is 0. The lowest BCUT2D eigenvalue weighted by Crippen LogP contribution is -2.38. The van der Waals surface area contributed by atoms with Crippen molar-refractivity contribution in [3.05, 3.63) is 47.0 Å². The highest BCUT2D eigenvalue weighted by Gasteiger charge is 2.45. The average Bonchev–Trinajstić information content (AvgIpc) is 2.68. The normalized spacial score (nSPS) is 22.2. The van der Waals surface area contributed by atoms with Crippen molar-refractivity contribution in [2.24, 2.45) is 5.92 Å². The molecule has 0 heterocycles. The lowest BCUT2D eigenvalue weighted by Gasteiger charge is -2.26. The van der Waals surface area contributed by atoms with Gasteiger partial charge in [0.2, 0.25) is 0 Å². The zero-order chi connectivity index (χ0) is 16.3. The Morgan fingerprint density at radius 3 is 2.27 bits per heavy atom. The molecular formula is C20H28O2. The van der Waals surface area contributed by atoms with Crippen molar-refractivity contribution in [1.29, 1.82) is 0 Å². The highest BCUT2D eigenvalue weighted by atomic mass is 16.5. The summed E-state index contributed by atoms with van der Waals surface area (Å²) < 4.78 is 5.98. The van der Waals surface area contributed by atoms with Crippen LogP contribution in [-0.2, 0) is 16.0 Å². The Bertz CT molecular complexity index is 554. The first-order valence-electron chi connectivity index (χ1n) is 8.32. The lowest BCUT2D eigenvalue weighted by molar-refractivity contribution is -0.141. The molecule has 0 aromatic heterocycles. The van der Waals surface area contributed by atoms with Crippen molar-refractivity contribution in [3.8, 4) is 0 Å². The summed E-state index contributed by atoms with van der Waals surface area (Å²) in [7, 11) is 0. The van der Waals surface area contributed by atoms with Gasteiger partial charge in [-0.3, -0.25) is 4.79 Å². The van der Waals surface area contributed by atoms with Gasteiger partial charge in [0, 0.05) is 12.0 Å². The van der Waals surface area contributed by atoms with Crippen LogP contribution in [0.2, 0.25) is 0 Å². The van der Waals surface area contributed by atoms with Gasteiger partial charge in [0.15, 0.2) is 5.78 Å². The van der Waals surface area contributed by atoms with Gasteiger partial charge < -0.3 is 4.74 Å². The molecule has 1 aliphatic carbocycles. The molecule has 0 aliphatic heterocycles. The van der Waals surface area contributed by atoms with E-state index in [0.717, 1.165) is 24.8 Å². The van der Waals surface area contributed by atoms with Crippen LogP contribution in [0.4, 0.5) is 0 Å². The topological polar surface area (TPSA) is 26.3 Å². The van der Waals surface area contributed by atoms with Crippen LogP contribution >= 0.6 is 0 Å². The molecule has 2 heteroatoms. The highest BCUT2D eigenvalue weighted by Crippen LogP contribution is 2.40. The molecule has 0 saturated heterocycles. The number of benzene rings is 1. The van der Waals surface area contributed by atoms with E-state index in [1.807, 2.05) is 26.8 Å². The molecule has 1 aliphatic rings. The van der Waals surface area contributed by atoms with Gasteiger partial charge in [-0.25, -0.2) is 0 Å². The van der Waals surface area contributed by atoms with E-state index in [9.17, 15) is 4.79 Å². The molecule has 0 saturated carbocycles. The second-order valence-electron chi connectivity index (χ2n) is 7.06. The van der Waals surface area contributed by atoms with Gasteiger partial charge in [0.1, 0.15) is 5.60 Å². The third kappa shape index (κ3) is 3.67. The number of ether oxygens (including phenoxy) is 1. The number of aryl methyl sites for hydroxylation is 1. The minimum Gasteiger partial charge on any atom is -0.364 e. The van der Waals surface area contributed by atoms with E-state index < -0.39 is 5.60 Å². The second-order valence-corrected chi connectivity index (χ2v) is 7.06. The molecule has 0 N–H and O–H groups in total. The maximum Gasteiger partial charge on any atom is 0.190 e. The molecule has 0 spiro atoms. The maximum atomic E-state index is 12.8. The summed E-state index contributed by atoms with van der Waals surface area (Å²) >= 11 is 0. The van der Waals surface area contributed by atoms with E-state index in [1.165, 1.54) is 11.1 Å². The van der Waals surface area contributed by atoms with Crippen LogP contribution in [-0.4, -0.2) is 17.5 Å². The fourth-order valence-corrected chi connectivity index (χ4v) is 3.48. The lowest BCUT2D eigenvalue weighted by atomic mass is 9.94. The Balaban J connectivity index is 2.17. The highest BCUT2D eigenvalue weighted by molar-refractivity contribution is 6.05. The molecule has 0 bridgehead atoms. The summed E-state index contributed by atoms with van der Waals surface area (Å²) in [5, 5.41) is 0. The Morgan fingerprint density at radius 1 is 1.09 bits per heavy atom. The number of hydrogen-bond acceptors (Lipinski definition) is 2. The quantitative estimate of drug-likeness (QED) is 0.759. The SMILES string of the molecule is CC(C)O[C@@]1(C)CC(CCc2ccccc2)=C(C(C)C)C1=O. The molecule has 1 aromatic carbocycles. The number of ketones is 1. The van der Waals surface area contributed by atoms with Crippen molar-refractivity contribution in [1.82, 2.24) is 0 Å². The third-order valence-electron chi connectivity index (χ3n) is 4.29. The van der Waals surface area contributed by atoms with Crippen LogP contribution < -0.4 is 0 Å². The van der Waals surface area contributed by atoms with Crippen LogP contribution in [0.3, 0.4) is 0 Å². The van der Waals surface area contributed by atoms with Gasteiger partial charge in [-0.15, -0.1) is 0 Å². The fourth-order valence-electron chi connectivity index (χ4n) is 3.48. The molecule has 1 aromatic rings. The maximum absolute atomic E-state index is 12.8. The van der Waals surface area contributed by atoms with Crippen molar-refractivity contribution >= 4 is 5.78 Å². The minimum absolute atomic E-state index is 0.0656. The Labute approximate surface area is 134 Å². The molecule has 120 valence electrons. The smallest absolute Gasteiger partial charge is 0.190 e. The van der Waals surface area contributed by atoms with Gasteiger partial charge in [0.25, 0.3) is 0 Å². The molecular weight excluding hydrogens is 272 g/mol. The van der Waals surface area contributed by atoms with Gasteiger partial charge in [0.05, 0.1) is 6.10 Å². The fraction of sp³-hybridized carbons (Fsp3) is 0.550. The van der Waals surface area contributed by atoms with E-state index in [0.29, 0.717) is 0 Å². The molecule has 22 heavy (non-hydrogen) atoms. The first kappa shape index (κ1) is 17.0. The van der Waals surface area contributed by atoms with Gasteiger partial charge in [-0.05, 0) is 45.1 Å². The summed E-state index contributed by atoms with van der Waals surface area (Å²) in [6, 6.07) is 10.5. The first-order chi connectivity index (χ1) is 10.3. The Hall–Kier alpha value is -1.41. The largest absolute Gasteiger partial charge is 0.364 e. The predicted molar refractivity (Wildman–Crippen MR) is 90.9 cm³/mol. The van der Waals surface area contributed by atoms with E-state index in [4.69, 9.17) is 4.74 Å². The molecule has 1 atom stereocenters. The predicted octanol–water partition coefficient (Wildman–Crippen LogP) is 4.73. The Morgan fingerprint density at radius 2 is 1.73 bits per heavy atom. The van der Waals surface area contributed by atoms with Crippen molar-refractivity contribution < 1.29 is 9.53 Å². The number of carbonyl (C=O) groups is 1. The van der Waals surface area contributed by atoms with Gasteiger partial charge in [-0.2, -0.15) is 0 Å². The second kappa shape index (κ2) is 6.78. The van der Waals surface area contributed by atoms with Crippen LogP contribution in [0.5, 0.6) is 0 Å². The molecule has 0 radical (unpaired) electrons. The van der Waals surface area contributed by atoms with Crippen LogP contribution in [0.15, 0.2) is 41.5 Å². The molecule has 0 amide bonds. The summed E-state index contributed by atoms with van der Waals surface area (Å²) in [6.07, 6.45) is 2.73. The average molecular weight is 300 g/mol. The van der Waals surface area contributed by atoms with Crippen LogP contribution in [0.1, 0.15) is 53.0 Å². The Kier molecular flexibility index (Phi) is 5.23. The van der Waals surface area contributed by atoms with Crippen molar-refractivity contribution in [2.75, 3.05) is 0 Å². The van der Waals surface area contributed by atoms with Crippen molar-refractivity contribution in [2.45, 2.75) is 65.6 Å². The number of rotatable bonds is 6. The zero-order valence-corrected chi connectivity index (χ0v) is 14.5. The number of Topliss-reactive ketones (excluding diaryl/α,β-unsaturated/α-hetero) is 1. The summed E-state index contributed by atoms with van der Waals surface area (Å²) in [5.74, 6) is 0.454. The minimum atomic E-state index is -0.667. The summed E-state index contributed by atoms with van der Waals surface area (Å²) in [5.41, 5.74) is 2.94. The first-order valence-corrected chi connectivity index (χ1v) is 8.32. The van der Waals surface area contributed by atoms with Gasteiger partial charge in [-0.1, -0.05) is 49.8 Å². The van der Waals surface area contributed by atoms with E-state index in [-0.39, 0.29) is 17.8 Å². The number of carbonyl (C=O) groups excluding carboxylic acids is 1. The molecule has 2 nitrogen and oxygen atoms in total. The van der Waals surface area contributed by atoms with Crippen LogP contribution in [0, 0.1) is 5.92 Å². The monoisotopic (exact) mass is 300 g/mol. The van der Waals surface area contributed by atoms with E-state index in [1.54, 1.807) is 0 Å². The van der Waals surface area contributed by atoms with Gasteiger partial charge >= 0.3 is 0 Å². The van der Waals surface area contributed by atoms with Crippen LogP contribution in [0.25, 0.3) is 0 Å². The zero-order valence-electron chi connectivity index (χ0n) is 14.5. The van der Waals surface area contributed by atoms with Crippen molar-refractivity contribution in [3.63, 3.8) is 0 Å². The molecule has 2 rings (SSSR count). The molecule has 0 unspecified atom stereocenters. The van der Waals surface area contributed by atoms with E-state index in [2.05, 4.69) is 38.1 Å². The summed E-state index contributed by atoms with van der Waals surface area (Å²) in [4.78, 5) is 12.8. The summed E-state index contributed by atoms with van der Waals surface area (Å²) in [6.45, 7) is 10.2. The molecule has 0 fully saturated rings. The third-order valence-corrected chi connectivity index (χ3v) is 4.29. The van der Waals surface area contributed by atoms with E-state index >= 15 is 0 Å². The standard InChI is InChI=1S/C20H28O2/c1-14(2)18-17(12-11-16-9-7-6-8-10-16)13-20(5,19(18)21)22-15(3)4/h6-10,14-15H,11-13H2,1-5H3/t20-/m0/s1.